The topological polar surface area (TPSA) is 83.6 Å². The average Bonchev–Trinajstić information content (AvgIpc) is 2.44. The smallest absolute Gasteiger partial charge is 0.326 e. The lowest BCUT2D eigenvalue weighted by molar-refractivity contribution is -0.151. The van der Waals surface area contributed by atoms with Gasteiger partial charge in [0.2, 0.25) is 5.91 Å². The number of amides is 1. The van der Waals surface area contributed by atoms with Crippen LogP contribution in [0.5, 0.6) is 0 Å². The summed E-state index contributed by atoms with van der Waals surface area (Å²) < 4.78 is 0. The van der Waals surface area contributed by atoms with Gasteiger partial charge in [0.05, 0.1) is 0 Å². The fraction of sp³-hybridized carbons (Fsp3) is 0.375. The van der Waals surface area contributed by atoms with Crippen molar-refractivity contribution in [2.75, 3.05) is 12.3 Å². The summed E-state index contributed by atoms with van der Waals surface area (Å²) in [4.78, 5) is 25.0. The van der Waals surface area contributed by atoms with Crippen molar-refractivity contribution < 1.29 is 14.7 Å². The maximum Gasteiger partial charge on any atom is 0.326 e. The van der Waals surface area contributed by atoms with Crippen molar-refractivity contribution in [3.05, 3.63) is 35.9 Å². The normalized spacial score (nSPS) is 22.4. The van der Waals surface area contributed by atoms with E-state index in [0.717, 1.165) is 12.0 Å². The number of nitrogens with two attached hydrogens (primary N) is 1. The van der Waals surface area contributed by atoms with Gasteiger partial charge in [-0.1, -0.05) is 19.1 Å². The summed E-state index contributed by atoms with van der Waals surface area (Å²) in [5, 5.41) is 9.26. The molecule has 2 unspecified atom stereocenters. The molecule has 1 aliphatic rings. The molecule has 1 fully saturated rings. The molecule has 2 atom stereocenters. The highest BCUT2D eigenvalue weighted by Gasteiger charge is 2.33. The number of nitrogen functional groups attached to an aromatic ring is 1. The van der Waals surface area contributed by atoms with Gasteiger partial charge in [-0.2, -0.15) is 0 Å². The summed E-state index contributed by atoms with van der Waals surface area (Å²) in [6, 6.07) is 6.45. The molecule has 0 spiro atoms. The zero-order chi connectivity index (χ0) is 15.4. The first kappa shape index (κ1) is 15.1. The van der Waals surface area contributed by atoms with E-state index >= 15 is 0 Å². The van der Waals surface area contributed by atoms with Gasteiger partial charge in [-0.25, -0.2) is 4.79 Å². The summed E-state index contributed by atoms with van der Waals surface area (Å²) in [6.07, 6.45) is 4.42. The lowest BCUT2D eigenvalue weighted by atomic mass is 9.92. The molecule has 3 N–H and O–H groups in total. The zero-order valence-corrected chi connectivity index (χ0v) is 12.0. The van der Waals surface area contributed by atoms with Crippen molar-refractivity contribution in [2.24, 2.45) is 5.92 Å². The van der Waals surface area contributed by atoms with Gasteiger partial charge in [-0.05, 0) is 42.5 Å². The van der Waals surface area contributed by atoms with Crippen molar-refractivity contribution in [1.82, 2.24) is 4.90 Å². The third-order valence-electron chi connectivity index (χ3n) is 3.76. The van der Waals surface area contributed by atoms with Crippen LogP contribution in [0.3, 0.4) is 0 Å². The van der Waals surface area contributed by atoms with E-state index in [4.69, 9.17) is 5.73 Å². The Labute approximate surface area is 124 Å². The van der Waals surface area contributed by atoms with E-state index in [-0.39, 0.29) is 5.91 Å². The van der Waals surface area contributed by atoms with Crippen molar-refractivity contribution in [2.45, 2.75) is 25.8 Å². The molecule has 0 aliphatic carbocycles. The molecule has 5 nitrogen and oxygen atoms in total. The number of hydrogen-bond acceptors (Lipinski definition) is 3. The molecule has 0 saturated carbocycles. The van der Waals surface area contributed by atoms with E-state index in [1.807, 2.05) is 19.1 Å². The number of anilines is 1. The second kappa shape index (κ2) is 6.43. The average molecular weight is 288 g/mol. The Bertz CT molecular complexity index is 568. The molecular weight excluding hydrogens is 268 g/mol. The van der Waals surface area contributed by atoms with Crippen LogP contribution in [0.25, 0.3) is 6.08 Å². The Morgan fingerprint density at radius 2 is 2.19 bits per heavy atom. The van der Waals surface area contributed by atoms with E-state index < -0.39 is 12.0 Å². The molecule has 1 aromatic rings. The Balaban J connectivity index is 2.09. The number of aliphatic carboxylic acids is 1. The number of piperidine rings is 1. The molecular formula is C16H20N2O3. The first-order chi connectivity index (χ1) is 9.97. The maximum absolute atomic E-state index is 12.2. The fourth-order valence-corrected chi connectivity index (χ4v) is 2.57. The van der Waals surface area contributed by atoms with Gasteiger partial charge in [0, 0.05) is 18.3 Å². The van der Waals surface area contributed by atoms with Gasteiger partial charge in [0.15, 0.2) is 0 Å². The van der Waals surface area contributed by atoms with E-state index in [1.165, 1.54) is 11.0 Å². The van der Waals surface area contributed by atoms with E-state index in [1.54, 1.807) is 18.2 Å². The quantitative estimate of drug-likeness (QED) is 0.658. The first-order valence-electron chi connectivity index (χ1n) is 7.04. The number of nitrogens with zero attached hydrogens (tertiary/aromatic N) is 1. The fourth-order valence-electron chi connectivity index (χ4n) is 2.57. The minimum absolute atomic E-state index is 0.267. The summed E-state index contributed by atoms with van der Waals surface area (Å²) in [5.74, 6) is -0.878. The number of rotatable bonds is 3. The number of hydrogen-bond donors (Lipinski definition) is 2. The third kappa shape index (κ3) is 3.84. The molecule has 21 heavy (non-hydrogen) atoms. The van der Waals surface area contributed by atoms with Gasteiger partial charge < -0.3 is 15.7 Å². The monoisotopic (exact) mass is 288 g/mol. The van der Waals surface area contributed by atoms with E-state index in [9.17, 15) is 14.7 Å². The maximum atomic E-state index is 12.2. The number of benzene rings is 1. The van der Waals surface area contributed by atoms with Crippen molar-refractivity contribution in [1.29, 1.82) is 0 Å². The number of carbonyl (C=O) groups excluding carboxylic acids is 1. The molecule has 5 heteroatoms. The summed E-state index contributed by atoms with van der Waals surface area (Å²) in [7, 11) is 0. The standard InChI is InChI=1S/C16H20N2O3/c1-11-7-8-18(14(9-11)16(20)21)15(19)6-5-12-3-2-4-13(17)10-12/h2-6,10-11,14H,7-9,17H2,1H3,(H,20,21)/b6-5+. The number of carboxylic acid groups (broad SMARTS) is 1. The second-order valence-electron chi connectivity index (χ2n) is 5.52. The Morgan fingerprint density at radius 1 is 1.43 bits per heavy atom. The third-order valence-corrected chi connectivity index (χ3v) is 3.76. The molecule has 2 rings (SSSR count). The van der Waals surface area contributed by atoms with Gasteiger partial charge in [0.1, 0.15) is 6.04 Å². The lowest BCUT2D eigenvalue weighted by Crippen LogP contribution is -2.49. The zero-order valence-electron chi connectivity index (χ0n) is 12.0. The highest BCUT2D eigenvalue weighted by Crippen LogP contribution is 2.23. The predicted molar refractivity (Wildman–Crippen MR) is 81.4 cm³/mol. The molecule has 0 bridgehead atoms. The van der Waals surface area contributed by atoms with Crippen LogP contribution in [0, 0.1) is 5.92 Å². The number of carboxylic acids is 1. The van der Waals surface area contributed by atoms with Crippen LogP contribution in [-0.4, -0.2) is 34.5 Å². The lowest BCUT2D eigenvalue weighted by Gasteiger charge is -2.35. The van der Waals surface area contributed by atoms with Crippen molar-refractivity contribution >= 4 is 23.6 Å². The van der Waals surface area contributed by atoms with Gasteiger partial charge in [-0.3, -0.25) is 4.79 Å². The van der Waals surface area contributed by atoms with E-state index in [2.05, 4.69) is 0 Å². The highest BCUT2D eigenvalue weighted by atomic mass is 16.4. The molecule has 1 heterocycles. The SMILES string of the molecule is CC1CCN(C(=O)/C=C/c2cccc(N)c2)C(C(=O)O)C1. The minimum Gasteiger partial charge on any atom is -0.480 e. The molecule has 1 saturated heterocycles. The van der Waals surface area contributed by atoms with Gasteiger partial charge in [0.25, 0.3) is 0 Å². The van der Waals surface area contributed by atoms with Crippen LogP contribution in [-0.2, 0) is 9.59 Å². The number of carbonyl (C=O) groups is 2. The first-order valence-corrected chi connectivity index (χ1v) is 7.04. The number of likely N-dealkylation sites (tertiary alicyclic amines) is 1. The van der Waals surface area contributed by atoms with Crippen molar-refractivity contribution in [3.8, 4) is 0 Å². The Morgan fingerprint density at radius 3 is 2.86 bits per heavy atom. The molecule has 1 aromatic carbocycles. The van der Waals surface area contributed by atoms with E-state index in [0.29, 0.717) is 24.6 Å². The van der Waals surface area contributed by atoms with Crippen LogP contribution >= 0.6 is 0 Å². The molecule has 1 amide bonds. The second-order valence-corrected chi connectivity index (χ2v) is 5.52. The Hall–Kier alpha value is -2.30. The molecule has 112 valence electrons. The predicted octanol–water partition coefficient (Wildman–Crippen LogP) is 1.99. The molecule has 1 aliphatic heterocycles. The minimum atomic E-state index is -0.938. The van der Waals surface area contributed by atoms with Crippen LogP contribution in [0.1, 0.15) is 25.3 Å². The highest BCUT2D eigenvalue weighted by molar-refractivity contribution is 5.94. The summed E-state index contributed by atoms with van der Waals surface area (Å²) >= 11 is 0. The molecule has 0 radical (unpaired) electrons. The largest absolute Gasteiger partial charge is 0.480 e. The van der Waals surface area contributed by atoms with Crippen LogP contribution in [0.15, 0.2) is 30.3 Å². The Kier molecular flexibility index (Phi) is 4.62. The van der Waals surface area contributed by atoms with Gasteiger partial charge >= 0.3 is 5.97 Å². The van der Waals surface area contributed by atoms with Gasteiger partial charge in [-0.15, -0.1) is 0 Å². The molecule has 0 aromatic heterocycles. The van der Waals surface area contributed by atoms with Crippen molar-refractivity contribution in [3.63, 3.8) is 0 Å². The van der Waals surface area contributed by atoms with Crippen LogP contribution in [0.2, 0.25) is 0 Å². The summed E-state index contributed by atoms with van der Waals surface area (Å²) in [6.45, 7) is 2.50. The van der Waals surface area contributed by atoms with Crippen LogP contribution < -0.4 is 5.73 Å². The van der Waals surface area contributed by atoms with Crippen LogP contribution in [0.4, 0.5) is 5.69 Å². The summed E-state index contributed by atoms with van der Waals surface area (Å²) in [5.41, 5.74) is 7.12.